The van der Waals surface area contributed by atoms with E-state index in [4.69, 9.17) is 16.1 Å². The van der Waals surface area contributed by atoms with Gasteiger partial charge in [-0.1, -0.05) is 30.6 Å². The van der Waals surface area contributed by atoms with Crippen LogP contribution in [0.2, 0.25) is 5.02 Å². The van der Waals surface area contributed by atoms with Gasteiger partial charge in [-0.25, -0.2) is 0 Å². The van der Waals surface area contributed by atoms with Gasteiger partial charge in [-0.2, -0.15) is 0 Å². The van der Waals surface area contributed by atoms with Crippen molar-refractivity contribution in [2.24, 2.45) is 0 Å². The number of carbonyl (C=O) groups is 2. The van der Waals surface area contributed by atoms with E-state index in [1.165, 1.54) is 4.90 Å². The molecule has 0 fully saturated rings. The highest BCUT2D eigenvalue weighted by molar-refractivity contribution is 6.30. The van der Waals surface area contributed by atoms with Gasteiger partial charge in [-0.05, 0) is 31.2 Å². The van der Waals surface area contributed by atoms with Crippen LogP contribution in [0.3, 0.4) is 0 Å². The molecule has 1 aromatic heterocycles. The molecule has 2 aromatic rings. The van der Waals surface area contributed by atoms with Gasteiger partial charge in [0.2, 0.25) is 5.91 Å². The topological polar surface area (TPSA) is 75.4 Å². The highest BCUT2D eigenvalue weighted by Crippen LogP contribution is 2.23. The summed E-state index contributed by atoms with van der Waals surface area (Å²) in [5.74, 6) is -0.0269. The molecule has 0 spiro atoms. The minimum atomic E-state index is -0.298. The summed E-state index contributed by atoms with van der Waals surface area (Å²) in [6.07, 6.45) is 0. The lowest BCUT2D eigenvalue weighted by atomic mass is 10.0. The molecule has 7 heteroatoms. The highest BCUT2D eigenvalue weighted by Gasteiger charge is 2.26. The number of aromatic nitrogens is 1. The molecule has 0 radical (unpaired) electrons. The number of benzene rings is 1. The van der Waals surface area contributed by atoms with Crippen molar-refractivity contribution in [3.8, 4) is 0 Å². The summed E-state index contributed by atoms with van der Waals surface area (Å²) < 4.78 is 5.23. The summed E-state index contributed by atoms with van der Waals surface area (Å²) in [5, 5.41) is 7.17. The molecule has 0 atom stereocenters. The van der Waals surface area contributed by atoms with E-state index in [9.17, 15) is 9.59 Å². The maximum Gasteiger partial charge on any atom is 0.259 e. The zero-order valence-corrected chi connectivity index (χ0v) is 14.8. The van der Waals surface area contributed by atoms with Crippen LogP contribution in [0.25, 0.3) is 0 Å². The number of aryl methyl sites for hydroxylation is 1. The maximum absolute atomic E-state index is 12.6. The Balaban J connectivity index is 2.05. The van der Waals surface area contributed by atoms with Crippen LogP contribution >= 0.6 is 11.6 Å². The fourth-order valence-corrected chi connectivity index (χ4v) is 2.38. The number of anilines is 1. The van der Waals surface area contributed by atoms with Gasteiger partial charge >= 0.3 is 0 Å². The molecule has 0 unspecified atom stereocenters. The Morgan fingerprint density at radius 1 is 1.29 bits per heavy atom. The third-order valence-electron chi connectivity index (χ3n) is 3.48. The fourth-order valence-electron chi connectivity index (χ4n) is 2.25. The molecular weight excluding hydrogens is 330 g/mol. The Kier molecular flexibility index (Phi) is 5.62. The molecule has 1 aromatic carbocycles. The summed E-state index contributed by atoms with van der Waals surface area (Å²) in [7, 11) is 1.57. The minimum Gasteiger partial charge on any atom is -0.360 e. The van der Waals surface area contributed by atoms with Crippen molar-refractivity contribution >= 4 is 29.1 Å². The molecule has 0 bridgehead atoms. The van der Waals surface area contributed by atoms with Gasteiger partial charge in [-0.3, -0.25) is 9.59 Å². The number of nitrogens with zero attached hydrogens (tertiary/aromatic N) is 2. The second-order valence-corrected chi connectivity index (χ2v) is 6.31. The van der Waals surface area contributed by atoms with Gasteiger partial charge in [-0.15, -0.1) is 0 Å². The maximum atomic E-state index is 12.6. The molecule has 0 saturated heterocycles. The van der Waals surface area contributed by atoms with Crippen LogP contribution in [0, 0.1) is 6.92 Å². The van der Waals surface area contributed by atoms with E-state index in [0.717, 1.165) is 0 Å². The van der Waals surface area contributed by atoms with Crippen LogP contribution in [0.4, 0.5) is 5.69 Å². The van der Waals surface area contributed by atoms with Gasteiger partial charge < -0.3 is 14.7 Å². The number of amides is 2. The molecule has 24 heavy (non-hydrogen) atoms. The second kappa shape index (κ2) is 7.49. The van der Waals surface area contributed by atoms with Gasteiger partial charge in [0.15, 0.2) is 5.76 Å². The zero-order valence-electron chi connectivity index (χ0n) is 14.1. The lowest BCUT2D eigenvalue weighted by Gasteiger charge is -2.17. The van der Waals surface area contributed by atoms with Crippen molar-refractivity contribution in [2.75, 3.05) is 18.9 Å². The molecule has 0 aliphatic heterocycles. The summed E-state index contributed by atoms with van der Waals surface area (Å²) in [5.41, 5.74) is 1.56. The third-order valence-corrected chi connectivity index (χ3v) is 3.73. The van der Waals surface area contributed by atoms with E-state index >= 15 is 0 Å². The van der Waals surface area contributed by atoms with Crippen LogP contribution in [-0.4, -0.2) is 35.5 Å². The average Bonchev–Trinajstić information content (AvgIpc) is 2.90. The number of hydrogen-bond donors (Lipinski definition) is 1. The molecule has 0 aliphatic rings. The number of likely N-dealkylation sites (N-methyl/N-ethyl adjacent to an activating group) is 1. The van der Waals surface area contributed by atoms with Crippen LogP contribution in [0.1, 0.15) is 41.6 Å². The second-order valence-electron chi connectivity index (χ2n) is 5.88. The molecular formula is C17H20ClN3O3. The quantitative estimate of drug-likeness (QED) is 0.896. The van der Waals surface area contributed by atoms with E-state index < -0.39 is 0 Å². The molecule has 0 aliphatic carbocycles. The predicted octanol–water partition coefficient (Wildman–Crippen LogP) is 3.47. The van der Waals surface area contributed by atoms with Crippen LogP contribution in [0.5, 0.6) is 0 Å². The number of hydrogen-bond acceptors (Lipinski definition) is 4. The van der Waals surface area contributed by atoms with Crippen molar-refractivity contribution in [2.45, 2.75) is 26.7 Å². The Labute approximate surface area is 145 Å². The first-order valence-electron chi connectivity index (χ1n) is 7.56. The molecule has 2 amide bonds. The lowest BCUT2D eigenvalue weighted by molar-refractivity contribution is -0.116. The summed E-state index contributed by atoms with van der Waals surface area (Å²) in [6, 6.07) is 6.76. The van der Waals surface area contributed by atoms with Crippen LogP contribution < -0.4 is 5.32 Å². The standard InChI is InChI=1S/C17H20ClN3O3/c1-10(2)16-15(11(3)20-24-16)17(23)21(4)9-14(22)19-13-7-5-12(18)6-8-13/h5-8,10H,9H2,1-4H3,(H,19,22). The molecule has 2 rings (SSSR count). The molecule has 6 nitrogen and oxygen atoms in total. The number of nitrogens with one attached hydrogen (secondary N) is 1. The van der Waals surface area contributed by atoms with Crippen LogP contribution in [0.15, 0.2) is 28.8 Å². The lowest BCUT2D eigenvalue weighted by Crippen LogP contribution is -2.35. The highest BCUT2D eigenvalue weighted by atomic mass is 35.5. The van der Waals surface area contributed by atoms with E-state index in [1.54, 1.807) is 38.2 Å². The molecule has 1 heterocycles. The number of halogens is 1. The Hall–Kier alpha value is -2.34. The summed E-state index contributed by atoms with van der Waals surface area (Å²) in [6.45, 7) is 5.47. The average molecular weight is 350 g/mol. The fraction of sp³-hybridized carbons (Fsp3) is 0.353. The van der Waals surface area contributed by atoms with E-state index in [0.29, 0.717) is 27.7 Å². The van der Waals surface area contributed by atoms with Crippen molar-refractivity contribution in [3.63, 3.8) is 0 Å². The van der Waals surface area contributed by atoms with E-state index in [-0.39, 0.29) is 24.3 Å². The Morgan fingerprint density at radius 3 is 2.50 bits per heavy atom. The van der Waals surface area contributed by atoms with Gasteiger partial charge in [0.05, 0.1) is 12.2 Å². The normalized spacial score (nSPS) is 10.8. The van der Waals surface area contributed by atoms with E-state index in [2.05, 4.69) is 10.5 Å². The smallest absolute Gasteiger partial charge is 0.259 e. The first kappa shape index (κ1) is 18.0. The van der Waals surface area contributed by atoms with Crippen LogP contribution in [-0.2, 0) is 4.79 Å². The molecule has 1 N–H and O–H groups in total. The van der Waals surface area contributed by atoms with Crippen molar-refractivity contribution in [1.29, 1.82) is 0 Å². The van der Waals surface area contributed by atoms with Crippen molar-refractivity contribution in [1.82, 2.24) is 10.1 Å². The summed E-state index contributed by atoms with van der Waals surface area (Å²) >= 11 is 5.81. The monoisotopic (exact) mass is 349 g/mol. The number of rotatable bonds is 5. The molecule has 0 saturated carbocycles. The predicted molar refractivity (Wildman–Crippen MR) is 92.4 cm³/mol. The Morgan fingerprint density at radius 2 is 1.92 bits per heavy atom. The Bertz CT molecular complexity index is 738. The number of carbonyl (C=O) groups excluding carboxylic acids is 2. The molecule has 128 valence electrons. The first-order chi connectivity index (χ1) is 11.3. The van der Waals surface area contributed by atoms with Gasteiger partial charge in [0, 0.05) is 23.7 Å². The van der Waals surface area contributed by atoms with E-state index in [1.807, 2.05) is 13.8 Å². The minimum absolute atomic E-state index is 0.0291. The van der Waals surface area contributed by atoms with Gasteiger partial charge in [0.25, 0.3) is 5.91 Å². The third kappa shape index (κ3) is 4.14. The largest absolute Gasteiger partial charge is 0.360 e. The van der Waals surface area contributed by atoms with Crippen molar-refractivity contribution < 1.29 is 14.1 Å². The zero-order chi connectivity index (χ0) is 17.9. The van der Waals surface area contributed by atoms with Gasteiger partial charge in [0.1, 0.15) is 5.56 Å². The summed E-state index contributed by atoms with van der Waals surface area (Å²) in [4.78, 5) is 26.1. The SMILES string of the molecule is Cc1noc(C(C)C)c1C(=O)N(C)CC(=O)Nc1ccc(Cl)cc1. The first-order valence-corrected chi connectivity index (χ1v) is 7.94. The van der Waals surface area contributed by atoms with Crippen molar-refractivity contribution in [3.05, 3.63) is 46.3 Å².